The molecule has 1 fully saturated rings. The summed E-state index contributed by atoms with van der Waals surface area (Å²) in [6, 6.07) is 22.4. The van der Waals surface area contributed by atoms with Gasteiger partial charge >= 0.3 is 0 Å². The number of hydrogen-bond acceptors (Lipinski definition) is 3. The van der Waals surface area contributed by atoms with Crippen molar-refractivity contribution in [3.05, 3.63) is 112 Å². The third-order valence-corrected chi connectivity index (χ3v) is 7.83. The molecule has 2 aromatic heterocycles. The van der Waals surface area contributed by atoms with Crippen molar-refractivity contribution in [3.8, 4) is 5.69 Å². The minimum absolute atomic E-state index is 0.0377. The number of anilines is 1. The summed E-state index contributed by atoms with van der Waals surface area (Å²) in [4.78, 5) is 19.8. The van der Waals surface area contributed by atoms with Crippen LogP contribution in [0.5, 0.6) is 0 Å². The fourth-order valence-electron chi connectivity index (χ4n) is 5.57. The van der Waals surface area contributed by atoms with E-state index in [-0.39, 0.29) is 18.0 Å². The zero-order chi connectivity index (χ0) is 27.7. The summed E-state index contributed by atoms with van der Waals surface area (Å²) < 4.78 is 2.33. The Labute approximate surface area is 236 Å². The van der Waals surface area contributed by atoms with Crippen molar-refractivity contribution in [2.75, 3.05) is 11.9 Å². The smallest absolute Gasteiger partial charge is 0.226 e. The van der Waals surface area contributed by atoms with Crippen LogP contribution in [-0.4, -0.2) is 32.0 Å². The van der Waals surface area contributed by atoms with Gasteiger partial charge in [0, 0.05) is 41.9 Å². The number of hydrogen-bond donors (Lipinski definition) is 2. The number of carbonyl (C=O) groups is 1. The zero-order valence-electron chi connectivity index (χ0n) is 23.2. The van der Waals surface area contributed by atoms with E-state index in [0.717, 1.165) is 28.3 Å². The molecule has 0 spiro atoms. The van der Waals surface area contributed by atoms with Crippen LogP contribution in [0.3, 0.4) is 0 Å². The molecule has 0 unspecified atom stereocenters. The molecule has 7 heteroatoms. The maximum absolute atomic E-state index is 12.9. The Hall–Kier alpha value is -3.97. The Morgan fingerprint density at radius 3 is 2.51 bits per heavy atom. The molecule has 1 saturated heterocycles. The van der Waals surface area contributed by atoms with Gasteiger partial charge in [0.1, 0.15) is 0 Å². The van der Waals surface area contributed by atoms with Crippen molar-refractivity contribution >= 4 is 28.9 Å². The third kappa shape index (κ3) is 5.45. The van der Waals surface area contributed by atoms with Gasteiger partial charge in [-0.25, -0.2) is 0 Å². The molecule has 4 aromatic rings. The number of thiocarbonyl (C=S) groups is 1. The first-order valence-electron chi connectivity index (χ1n) is 13.3. The van der Waals surface area contributed by atoms with Crippen molar-refractivity contribution in [2.45, 2.75) is 53.1 Å². The number of pyridine rings is 1. The minimum atomic E-state index is -0.133. The monoisotopic (exact) mass is 537 g/mol. The molecule has 3 heterocycles. The van der Waals surface area contributed by atoms with Gasteiger partial charge in [-0.2, -0.15) is 0 Å². The van der Waals surface area contributed by atoms with Gasteiger partial charge in [-0.3, -0.25) is 9.78 Å². The van der Waals surface area contributed by atoms with Crippen LogP contribution >= 0.6 is 12.2 Å². The molecule has 0 radical (unpaired) electrons. The fourth-order valence-corrected chi connectivity index (χ4v) is 5.90. The van der Waals surface area contributed by atoms with Gasteiger partial charge in [-0.05, 0) is 105 Å². The Balaban J connectivity index is 1.49. The summed E-state index contributed by atoms with van der Waals surface area (Å²) in [6.45, 7) is 11.1. The van der Waals surface area contributed by atoms with Gasteiger partial charge in [0.15, 0.2) is 5.11 Å². The van der Waals surface area contributed by atoms with E-state index in [9.17, 15) is 4.79 Å². The van der Waals surface area contributed by atoms with Gasteiger partial charge in [0.05, 0.1) is 17.8 Å². The molecule has 0 saturated carbocycles. The predicted molar refractivity (Wildman–Crippen MR) is 161 cm³/mol. The number of benzene rings is 2. The molecule has 200 valence electrons. The lowest BCUT2D eigenvalue weighted by Gasteiger charge is -2.28. The van der Waals surface area contributed by atoms with E-state index >= 15 is 0 Å². The van der Waals surface area contributed by atoms with Crippen LogP contribution in [0.2, 0.25) is 0 Å². The van der Waals surface area contributed by atoms with Crippen molar-refractivity contribution in [1.82, 2.24) is 19.8 Å². The molecular weight excluding hydrogens is 502 g/mol. The second kappa shape index (κ2) is 11.0. The molecule has 0 bridgehead atoms. The standard InChI is InChI=1S/C32H35N5OS/c1-20-9-8-10-25(17-20)34-29(38)14-16-36-31(30(35-32(36)39)27-11-6-7-15-33-27)26-19-23(4)37(24(26)5)28-18-21(2)12-13-22(28)3/h6-13,15,17-19,30-31H,14,16H2,1-5H3,(H,34,38)(H,35,39)/t30-,31-/m1/s1. The fraction of sp³-hybridized carbons (Fsp3) is 0.281. The number of aromatic nitrogens is 2. The number of amides is 1. The van der Waals surface area contributed by atoms with Crippen LogP contribution in [0.1, 0.15) is 57.8 Å². The second-order valence-electron chi connectivity index (χ2n) is 10.4. The van der Waals surface area contributed by atoms with E-state index in [4.69, 9.17) is 12.2 Å². The molecule has 39 heavy (non-hydrogen) atoms. The highest BCUT2D eigenvalue weighted by Gasteiger charge is 2.41. The van der Waals surface area contributed by atoms with E-state index in [0.29, 0.717) is 18.1 Å². The Bertz CT molecular complexity index is 1530. The van der Waals surface area contributed by atoms with Gasteiger partial charge in [0.25, 0.3) is 0 Å². The van der Waals surface area contributed by atoms with Crippen molar-refractivity contribution in [2.24, 2.45) is 0 Å². The first kappa shape index (κ1) is 26.6. The lowest BCUT2D eigenvalue weighted by Crippen LogP contribution is -2.32. The summed E-state index contributed by atoms with van der Waals surface area (Å²) in [5.74, 6) is -0.0377. The lowest BCUT2D eigenvalue weighted by molar-refractivity contribution is -0.116. The number of nitrogens with one attached hydrogen (secondary N) is 2. The van der Waals surface area contributed by atoms with Crippen LogP contribution < -0.4 is 10.6 Å². The van der Waals surface area contributed by atoms with Crippen LogP contribution in [0.4, 0.5) is 5.69 Å². The first-order chi connectivity index (χ1) is 18.7. The summed E-state index contributed by atoms with van der Waals surface area (Å²) in [5, 5.41) is 7.19. The van der Waals surface area contributed by atoms with Crippen LogP contribution in [0, 0.1) is 34.6 Å². The predicted octanol–water partition coefficient (Wildman–Crippen LogP) is 6.42. The highest BCUT2D eigenvalue weighted by Crippen LogP contribution is 2.41. The third-order valence-electron chi connectivity index (χ3n) is 7.47. The number of nitrogens with zero attached hydrogens (tertiary/aromatic N) is 3. The van der Waals surface area contributed by atoms with Gasteiger partial charge in [-0.1, -0.05) is 30.3 Å². The SMILES string of the molecule is Cc1cccc(NC(=O)CCN2C(=S)N[C@H](c3ccccn3)[C@H]2c2cc(C)n(-c3cc(C)ccc3C)c2C)c1. The molecule has 2 aromatic carbocycles. The molecule has 1 aliphatic heterocycles. The van der Waals surface area contributed by atoms with Gasteiger partial charge < -0.3 is 20.1 Å². The summed E-state index contributed by atoms with van der Waals surface area (Å²) in [7, 11) is 0. The molecule has 1 aliphatic rings. The normalized spacial score (nSPS) is 16.8. The average molecular weight is 538 g/mol. The molecule has 6 nitrogen and oxygen atoms in total. The highest BCUT2D eigenvalue weighted by atomic mass is 32.1. The molecule has 5 rings (SSSR count). The minimum Gasteiger partial charge on any atom is -0.352 e. The topological polar surface area (TPSA) is 62.2 Å². The Morgan fingerprint density at radius 1 is 0.974 bits per heavy atom. The zero-order valence-corrected chi connectivity index (χ0v) is 24.0. The van der Waals surface area contributed by atoms with Crippen LogP contribution in [0.25, 0.3) is 5.69 Å². The molecule has 1 amide bonds. The van der Waals surface area contributed by atoms with Crippen molar-refractivity contribution < 1.29 is 4.79 Å². The summed E-state index contributed by atoms with van der Waals surface area (Å²) >= 11 is 5.86. The quantitative estimate of drug-likeness (QED) is 0.267. The van der Waals surface area contributed by atoms with E-state index in [2.05, 4.69) is 77.0 Å². The Morgan fingerprint density at radius 2 is 1.77 bits per heavy atom. The maximum atomic E-state index is 12.9. The molecular formula is C32H35N5OS. The second-order valence-corrected chi connectivity index (χ2v) is 10.8. The molecule has 2 atom stereocenters. The van der Waals surface area contributed by atoms with Crippen LogP contribution in [0.15, 0.2) is 72.9 Å². The van der Waals surface area contributed by atoms with E-state index in [1.54, 1.807) is 0 Å². The van der Waals surface area contributed by atoms with E-state index < -0.39 is 0 Å². The van der Waals surface area contributed by atoms with Gasteiger partial charge in [-0.15, -0.1) is 0 Å². The largest absolute Gasteiger partial charge is 0.352 e. The first-order valence-corrected chi connectivity index (χ1v) is 13.7. The maximum Gasteiger partial charge on any atom is 0.226 e. The summed E-state index contributed by atoms with van der Waals surface area (Å²) in [5.41, 5.74) is 9.96. The van der Waals surface area contributed by atoms with Crippen LogP contribution in [-0.2, 0) is 4.79 Å². The molecule has 0 aliphatic carbocycles. The Kier molecular flexibility index (Phi) is 7.53. The number of carbonyl (C=O) groups excluding carboxylic acids is 1. The average Bonchev–Trinajstić information content (AvgIpc) is 3.39. The van der Waals surface area contributed by atoms with E-state index in [1.807, 2.05) is 55.6 Å². The van der Waals surface area contributed by atoms with Crippen molar-refractivity contribution in [1.29, 1.82) is 0 Å². The van der Waals surface area contributed by atoms with Crippen molar-refractivity contribution in [3.63, 3.8) is 0 Å². The lowest BCUT2D eigenvalue weighted by atomic mass is 9.96. The van der Waals surface area contributed by atoms with E-state index in [1.165, 1.54) is 22.4 Å². The summed E-state index contributed by atoms with van der Waals surface area (Å²) in [6.07, 6.45) is 2.13. The number of rotatable bonds is 7. The van der Waals surface area contributed by atoms with Gasteiger partial charge in [0.2, 0.25) is 5.91 Å². The highest BCUT2D eigenvalue weighted by molar-refractivity contribution is 7.80. The number of aryl methyl sites for hydroxylation is 4. The molecule has 2 N–H and O–H groups in total.